The van der Waals surface area contributed by atoms with E-state index < -0.39 is 5.97 Å². The van der Waals surface area contributed by atoms with E-state index in [0.29, 0.717) is 6.04 Å². The largest absolute Gasteiger partial charge is 0.480 e. The van der Waals surface area contributed by atoms with Crippen molar-refractivity contribution in [3.05, 3.63) is 0 Å². The molecule has 0 radical (unpaired) electrons. The molecule has 1 N–H and O–H groups in total. The first kappa shape index (κ1) is 10.5. The third-order valence-electron chi connectivity index (χ3n) is 2.63. The van der Waals surface area contributed by atoms with Gasteiger partial charge in [0.2, 0.25) is 0 Å². The predicted molar refractivity (Wildman–Crippen MR) is 50.8 cm³/mol. The first-order valence-corrected chi connectivity index (χ1v) is 4.78. The Kier molecular flexibility index (Phi) is 3.69. The average Bonchev–Trinajstić information content (AvgIpc) is 2.47. The number of carbonyl (C=O) groups is 1. The highest BCUT2D eigenvalue weighted by Crippen LogP contribution is 2.13. The molecule has 1 atom stereocenters. The Morgan fingerprint density at radius 2 is 2.38 bits per heavy atom. The minimum Gasteiger partial charge on any atom is -0.480 e. The summed E-state index contributed by atoms with van der Waals surface area (Å²) in [5.74, 6) is -0.726. The molecule has 0 saturated carbocycles. The molecule has 1 saturated heterocycles. The lowest BCUT2D eigenvalue weighted by Gasteiger charge is -2.25. The van der Waals surface area contributed by atoms with Crippen LogP contribution in [0.5, 0.6) is 0 Å². The van der Waals surface area contributed by atoms with Gasteiger partial charge in [-0.3, -0.25) is 9.69 Å². The molecule has 4 heteroatoms. The van der Waals surface area contributed by atoms with Crippen LogP contribution in [0.15, 0.2) is 0 Å². The molecule has 1 rings (SSSR count). The average molecular weight is 186 g/mol. The Bertz CT molecular complexity index is 184. The second kappa shape index (κ2) is 4.58. The van der Waals surface area contributed by atoms with Crippen molar-refractivity contribution in [3.8, 4) is 0 Å². The summed E-state index contributed by atoms with van der Waals surface area (Å²) in [4.78, 5) is 14.8. The number of nitrogens with zero attached hydrogens (tertiary/aromatic N) is 2. The number of rotatable bonds is 4. The maximum absolute atomic E-state index is 10.6. The fourth-order valence-electron chi connectivity index (χ4n) is 1.88. The molecular weight excluding hydrogens is 168 g/mol. The van der Waals surface area contributed by atoms with Gasteiger partial charge in [-0.05, 0) is 26.6 Å². The summed E-state index contributed by atoms with van der Waals surface area (Å²) in [6.07, 6.45) is 1.09. The van der Waals surface area contributed by atoms with E-state index in [1.165, 1.54) is 0 Å². The monoisotopic (exact) mass is 186 g/mol. The molecule has 0 amide bonds. The van der Waals surface area contributed by atoms with Crippen LogP contribution in [0, 0.1) is 0 Å². The Morgan fingerprint density at radius 1 is 1.69 bits per heavy atom. The van der Waals surface area contributed by atoms with Crippen LogP contribution in [-0.2, 0) is 4.79 Å². The molecule has 4 nitrogen and oxygen atoms in total. The third kappa shape index (κ3) is 2.97. The van der Waals surface area contributed by atoms with Crippen LogP contribution >= 0.6 is 0 Å². The summed E-state index contributed by atoms with van der Waals surface area (Å²) >= 11 is 0. The van der Waals surface area contributed by atoms with Gasteiger partial charge in [0.15, 0.2) is 0 Å². The van der Waals surface area contributed by atoms with Crippen molar-refractivity contribution in [2.75, 3.05) is 33.2 Å². The maximum Gasteiger partial charge on any atom is 0.317 e. The zero-order valence-electron chi connectivity index (χ0n) is 8.36. The van der Waals surface area contributed by atoms with E-state index in [-0.39, 0.29) is 6.54 Å². The second-order valence-corrected chi connectivity index (χ2v) is 3.66. The van der Waals surface area contributed by atoms with Gasteiger partial charge in [-0.2, -0.15) is 0 Å². The fourth-order valence-corrected chi connectivity index (χ4v) is 1.88. The number of carboxylic acid groups (broad SMARTS) is 1. The first-order chi connectivity index (χ1) is 6.13. The fraction of sp³-hybridized carbons (Fsp3) is 0.889. The molecule has 0 aromatic heterocycles. The molecule has 0 aromatic carbocycles. The number of aliphatic carboxylic acids is 1. The van der Waals surface area contributed by atoms with Gasteiger partial charge in [0.1, 0.15) is 0 Å². The molecule has 0 bridgehead atoms. The molecule has 76 valence electrons. The topological polar surface area (TPSA) is 43.8 Å². The minimum atomic E-state index is -0.726. The number of carboxylic acids is 1. The van der Waals surface area contributed by atoms with Gasteiger partial charge in [-0.25, -0.2) is 0 Å². The van der Waals surface area contributed by atoms with E-state index in [4.69, 9.17) is 5.11 Å². The van der Waals surface area contributed by atoms with Crippen molar-refractivity contribution >= 4 is 5.97 Å². The zero-order valence-corrected chi connectivity index (χ0v) is 8.36. The van der Waals surface area contributed by atoms with Gasteiger partial charge >= 0.3 is 5.97 Å². The molecule has 0 aliphatic carbocycles. The third-order valence-corrected chi connectivity index (χ3v) is 2.63. The van der Waals surface area contributed by atoms with Gasteiger partial charge < -0.3 is 10.0 Å². The minimum absolute atomic E-state index is 0.176. The lowest BCUT2D eigenvalue weighted by molar-refractivity contribution is -0.138. The van der Waals surface area contributed by atoms with Crippen molar-refractivity contribution < 1.29 is 9.90 Å². The SMILES string of the molecule is CCN(CC(=O)O)[C@H]1CCN(C)C1. The zero-order chi connectivity index (χ0) is 9.84. The highest BCUT2D eigenvalue weighted by atomic mass is 16.4. The van der Waals surface area contributed by atoms with E-state index >= 15 is 0 Å². The van der Waals surface area contributed by atoms with Gasteiger partial charge in [0.25, 0.3) is 0 Å². The van der Waals surface area contributed by atoms with E-state index in [1.807, 2.05) is 11.8 Å². The summed E-state index contributed by atoms with van der Waals surface area (Å²) in [7, 11) is 2.08. The predicted octanol–water partition coefficient (Wildman–Crippen LogP) is 0.0970. The highest BCUT2D eigenvalue weighted by Gasteiger charge is 2.25. The molecule has 0 spiro atoms. The Hall–Kier alpha value is -0.610. The van der Waals surface area contributed by atoms with E-state index in [9.17, 15) is 4.79 Å². The Balaban J connectivity index is 2.42. The van der Waals surface area contributed by atoms with E-state index in [2.05, 4.69) is 11.9 Å². The second-order valence-electron chi connectivity index (χ2n) is 3.66. The molecule has 0 unspecified atom stereocenters. The van der Waals surface area contributed by atoms with Crippen LogP contribution in [0.2, 0.25) is 0 Å². The van der Waals surface area contributed by atoms with Crippen molar-refractivity contribution in [1.29, 1.82) is 0 Å². The molecular formula is C9H18N2O2. The molecule has 0 aromatic rings. The normalized spacial score (nSPS) is 24.1. The van der Waals surface area contributed by atoms with Crippen LogP contribution in [-0.4, -0.2) is 60.1 Å². The molecule has 1 aliphatic heterocycles. The van der Waals surface area contributed by atoms with Gasteiger partial charge in [0.05, 0.1) is 6.54 Å². The molecule has 1 heterocycles. The summed E-state index contributed by atoms with van der Waals surface area (Å²) in [6.45, 7) is 5.10. The van der Waals surface area contributed by atoms with Gasteiger partial charge in [-0.15, -0.1) is 0 Å². The molecule has 13 heavy (non-hydrogen) atoms. The van der Waals surface area contributed by atoms with Crippen molar-refractivity contribution in [2.24, 2.45) is 0 Å². The summed E-state index contributed by atoms with van der Waals surface area (Å²) in [6, 6.07) is 0.436. The smallest absolute Gasteiger partial charge is 0.317 e. The lowest BCUT2D eigenvalue weighted by atomic mass is 10.2. The Morgan fingerprint density at radius 3 is 2.77 bits per heavy atom. The van der Waals surface area contributed by atoms with Crippen LogP contribution in [0.1, 0.15) is 13.3 Å². The van der Waals surface area contributed by atoms with Crippen LogP contribution in [0.4, 0.5) is 0 Å². The Labute approximate surface area is 79.1 Å². The number of hydrogen-bond donors (Lipinski definition) is 1. The van der Waals surface area contributed by atoms with Crippen LogP contribution < -0.4 is 0 Å². The van der Waals surface area contributed by atoms with E-state index in [0.717, 1.165) is 26.1 Å². The summed E-state index contributed by atoms with van der Waals surface area (Å²) < 4.78 is 0. The number of hydrogen-bond acceptors (Lipinski definition) is 3. The molecule has 1 fully saturated rings. The highest BCUT2D eigenvalue weighted by molar-refractivity contribution is 5.69. The van der Waals surface area contributed by atoms with Gasteiger partial charge in [0, 0.05) is 12.6 Å². The van der Waals surface area contributed by atoms with Gasteiger partial charge in [-0.1, -0.05) is 6.92 Å². The van der Waals surface area contributed by atoms with E-state index in [1.54, 1.807) is 0 Å². The van der Waals surface area contributed by atoms with Crippen LogP contribution in [0.3, 0.4) is 0 Å². The first-order valence-electron chi connectivity index (χ1n) is 4.78. The van der Waals surface area contributed by atoms with Crippen molar-refractivity contribution in [3.63, 3.8) is 0 Å². The number of likely N-dealkylation sites (tertiary alicyclic amines) is 1. The number of likely N-dealkylation sites (N-methyl/N-ethyl adjacent to an activating group) is 2. The maximum atomic E-state index is 10.6. The summed E-state index contributed by atoms with van der Waals surface area (Å²) in [5, 5.41) is 8.69. The van der Waals surface area contributed by atoms with Crippen molar-refractivity contribution in [1.82, 2.24) is 9.80 Å². The van der Waals surface area contributed by atoms with Crippen LogP contribution in [0.25, 0.3) is 0 Å². The quantitative estimate of drug-likeness (QED) is 0.676. The standard InChI is InChI=1S/C9H18N2O2/c1-3-11(7-9(12)13)8-4-5-10(2)6-8/h8H,3-7H2,1-2H3,(H,12,13)/t8-/m0/s1. The van der Waals surface area contributed by atoms with Crippen molar-refractivity contribution in [2.45, 2.75) is 19.4 Å². The molecule has 1 aliphatic rings. The summed E-state index contributed by atoms with van der Waals surface area (Å²) in [5.41, 5.74) is 0. The lowest BCUT2D eigenvalue weighted by Crippen LogP contribution is -2.40.